The minimum Gasteiger partial charge on any atom is -0.480 e. The van der Waals surface area contributed by atoms with Crippen LogP contribution in [-0.2, 0) is 4.79 Å². The van der Waals surface area contributed by atoms with E-state index in [1.807, 2.05) is 18.7 Å². The van der Waals surface area contributed by atoms with Gasteiger partial charge in [-0.05, 0) is 19.6 Å². The Labute approximate surface area is 77.9 Å². The summed E-state index contributed by atoms with van der Waals surface area (Å²) in [5.74, 6) is 1.25. The summed E-state index contributed by atoms with van der Waals surface area (Å²) in [4.78, 5) is 10.4. The average molecular weight is 191 g/mol. The Balaban J connectivity index is 3.53. The molecule has 0 aromatic carbocycles. The molecule has 2 unspecified atom stereocenters. The van der Waals surface area contributed by atoms with Crippen LogP contribution < -0.4 is 5.32 Å². The fourth-order valence-corrected chi connectivity index (χ4v) is 1.53. The highest BCUT2D eigenvalue weighted by Gasteiger charge is 2.12. The van der Waals surface area contributed by atoms with E-state index in [0.29, 0.717) is 0 Å². The van der Waals surface area contributed by atoms with E-state index in [1.165, 1.54) is 0 Å². The zero-order valence-electron chi connectivity index (χ0n) is 7.83. The highest BCUT2D eigenvalue weighted by molar-refractivity contribution is 7.99. The van der Waals surface area contributed by atoms with Crippen molar-refractivity contribution in [1.82, 2.24) is 5.32 Å². The van der Waals surface area contributed by atoms with Gasteiger partial charge in [0, 0.05) is 11.8 Å². The van der Waals surface area contributed by atoms with Gasteiger partial charge in [-0.25, -0.2) is 0 Å². The molecule has 0 aliphatic rings. The van der Waals surface area contributed by atoms with Gasteiger partial charge in [-0.15, -0.1) is 0 Å². The predicted molar refractivity (Wildman–Crippen MR) is 52.7 cm³/mol. The zero-order valence-corrected chi connectivity index (χ0v) is 8.65. The number of carbonyl (C=O) groups is 1. The van der Waals surface area contributed by atoms with Gasteiger partial charge < -0.3 is 10.4 Å². The average Bonchev–Trinajstić information content (AvgIpc) is 2.00. The summed E-state index contributed by atoms with van der Waals surface area (Å²) in [6, 6.07) is -0.182. The molecule has 3 nitrogen and oxygen atoms in total. The molecule has 0 radical (unpaired) electrons. The number of hydrogen-bond acceptors (Lipinski definition) is 3. The SMILES string of the molecule is CCSCC(C)NC(C)C(=O)O. The molecule has 0 amide bonds. The number of carboxylic acid groups (broad SMARTS) is 1. The number of thioether (sulfide) groups is 1. The molecular formula is C8H17NO2S. The molecular weight excluding hydrogens is 174 g/mol. The standard InChI is InChI=1S/C8H17NO2S/c1-4-12-5-6(2)9-7(3)8(10)11/h6-7,9H,4-5H2,1-3H3,(H,10,11). The van der Waals surface area contributed by atoms with Gasteiger partial charge >= 0.3 is 5.97 Å². The topological polar surface area (TPSA) is 49.3 Å². The van der Waals surface area contributed by atoms with Crippen LogP contribution in [0.1, 0.15) is 20.8 Å². The summed E-state index contributed by atoms with van der Waals surface area (Å²) in [5, 5.41) is 11.6. The van der Waals surface area contributed by atoms with Crippen LogP contribution >= 0.6 is 11.8 Å². The third kappa shape index (κ3) is 5.43. The normalized spacial score (nSPS) is 15.6. The first kappa shape index (κ1) is 11.8. The van der Waals surface area contributed by atoms with E-state index in [9.17, 15) is 4.79 Å². The fraction of sp³-hybridized carbons (Fsp3) is 0.875. The van der Waals surface area contributed by atoms with Gasteiger partial charge in [-0.3, -0.25) is 4.79 Å². The van der Waals surface area contributed by atoms with Crippen molar-refractivity contribution in [2.45, 2.75) is 32.9 Å². The second-order valence-corrected chi connectivity index (χ2v) is 4.11. The van der Waals surface area contributed by atoms with Crippen molar-refractivity contribution in [2.24, 2.45) is 0 Å². The molecule has 0 aliphatic heterocycles. The van der Waals surface area contributed by atoms with E-state index in [-0.39, 0.29) is 6.04 Å². The van der Waals surface area contributed by atoms with Crippen LogP contribution in [0.25, 0.3) is 0 Å². The minimum atomic E-state index is -0.789. The Morgan fingerprint density at radius 2 is 2.17 bits per heavy atom. The molecule has 0 saturated carbocycles. The minimum absolute atomic E-state index is 0.265. The maximum Gasteiger partial charge on any atom is 0.320 e. The first-order valence-corrected chi connectivity index (χ1v) is 5.30. The van der Waals surface area contributed by atoms with E-state index in [2.05, 4.69) is 12.2 Å². The molecule has 0 bridgehead atoms. The number of rotatable bonds is 6. The first-order valence-electron chi connectivity index (χ1n) is 4.14. The third-order valence-corrected chi connectivity index (χ3v) is 2.62. The van der Waals surface area contributed by atoms with Gasteiger partial charge in [0.2, 0.25) is 0 Å². The third-order valence-electron chi connectivity index (χ3n) is 1.48. The summed E-state index contributed by atoms with van der Waals surface area (Å²) < 4.78 is 0. The number of aliphatic carboxylic acids is 1. The van der Waals surface area contributed by atoms with Crippen molar-refractivity contribution in [1.29, 1.82) is 0 Å². The maximum absolute atomic E-state index is 10.4. The second-order valence-electron chi connectivity index (χ2n) is 2.79. The van der Waals surface area contributed by atoms with Crippen LogP contribution in [-0.4, -0.2) is 34.7 Å². The van der Waals surface area contributed by atoms with E-state index >= 15 is 0 Å². The van der Waals surface area contributed by atoms with Crippen molar-refractivity contribution in [3.05, 3.63) is 0 Å². The van der Waals surface area contributed by atoms with Crippen molar-refractivity contribution >= 4 is 17.7 Å². The monoisotopic (exact) mass is 191 g/mol. The highest BCUT2D eigenvalue weighted by atomic mass is 32.2. The summed E-state index contributed by atoms with van der Waals surface area (Å²) in [5.41, 5.74) is 0. The van der Waals surface area contributed by atoms with E-state index in [0.717, 1.165) is 11.5 Å². The molecule has 0 aromatic heterocycles. The molecule has 0 aromatic rings. The Bertz CT molecular complexity index is 141. The Kier molecular flexibility index (Phi) is 6.20. The zero-order chi connectivity index (χ0) is 9.56. The Morgan fingerprint density at radius 3 is 2.58 bits per heavy atom. The maximum atomic E-state index is 10.4. The van der Waals surface area contributed by atoms with Crippen LogP contribution in [0.3, 0.4) is 0 Å². The molecule has 12 heavy (non-hydrogen) atoms. The van der Waals surface area contributed by atoms with Crippen molar-refractivity contribution in [3.63, 3.8) is 0 Å². The van der Waals surface area contributed by atoms with Crippen LogP contribution in [0.4, 0.5) is 0 Å². The molecule has 0 saturated heterocycles. The smallest absolute Gasteiger partial charge is 0.320 e. The van der Waals surface area contributed by atoms with Gasteiger partial charge in [-0.1, -0.05) is 6.92 Å². The second kappa shape index (κ2) is 6.31. The van der Waals surface area contributed by atoms with E-state index < -0.39 is 12.0 Å². The first-order chi connectivity index (χ1) is 5.57. The van der Waals surface area contributed by atoms with Crippen molar-refractivity contribution < 1.29 is 9.90 Å². The van der Waals surface area contributed by atoms with Gasteiger partial charge in [-0.2, -0.15) is 11.8 Å². The Hall–Kier alpha value is -0.220. The number of carboxylic acids is 1. The van der Waals surface area contributed by atoms with Gasteiger partial charge in [0.15, 0.2) is 0 Å². The Morgan fingerprint density at radius 1 is 1.58 bits per heavy atom. The molecule has 72 valence electrons. The lowest BCUT2D eigenvalue weighted by Gasteiger charge is -2.15. The molecule has 2 N–H and O–H groups in total. The van der Waals surface area contributed by atoms with Crippen LogP contribution in [0.15, 0.2) is 0 Å². The summed E-state index contributed by atoms with van der Waals surface area (Å²) in [6.45, 7) is 5.76. The number of hydrogen-bond donors (Lipinski definition) is 2. The largest absolute Gasteiger partial charge is 0.480 e. The van der Waals surface area contributed by atoms with Crippen LogP contribution in [0.5, 0.6) is 0 Å². The fourth-order valence-electron chi connectivity index (χ4n) is 0.841. The quantitative estimate of drug-likeness (QED) is 0.662. The molecule has 0 fully saturated rings. The lowest BCUT2D eigenvalue weighted by atomic mass is 10.3. The predicted octanol–water partition coefficient (Wildman–Crippen LogP) is 1.19. The molecule has 0 aliphatic carbocycles. The molecule has 0 spiro atoms. The lowest BCUT2D eigenvalue weighted by Crippen LogP contribution is -2.41. The van der Waals surface area contributed by atoms with E-state index in [1.54, 1.807) is 6.92 Å². The van der Waals surface area contributed by atoms with Gasteiger partial charge in [0.1, 0.15) is 6.04 Å². The van der Waals surface area contributed by atoms with E-state index in [4.69, 9.17) is 5.11 Å². The summed E-state index contributed by atoms with van der Waals surface area (Å²) in [6.07, 6.45) is 0. The summed E-state index contributed by atoms with van der Waals surface area (Å²) >= 11 is 1.81. The highest BCUT2D eigenvalue weighted by Crippen LogP contribution is 2.01. The summed E-state index contributed by atoms with van der Waals surface area (Å²) in [7, 11) is 0. The van der Waals surface area contributed by atoms with Gasteiger partial charge in [0.25, 0.3) is 0 Å². The van der Waals surface area contributed by atoms with Crippen LogP contribution in [0, 0.1) is 0 Å². The lowest BCUT2D eigenvalue weighted by molar-refractivity contribution is -0.139. The van der Waals surface area contributed by atoms with Crippen molar-refractivity contribution in [3.8, 4) is 0 Å². The van der Waals surface area contributed by atoms with Crippen LogP contribution in [0.2, 0.25) is 0 Å². The molecule has 0 rings (SSSR count). The number of nitrogens with one attached hydrogen (secondary N) is 1. The molecule has 0 heterocycles. The molecule has 2 atom stereocenters. The van der Waals surface area contributed by atoms with Gasteiger partial charge in [0.05, 0.1) is 0 Å². The molecule has 4 heteroatoms. The van der Waals surface area contributed by atoms with Crippen molar-refractivity contribution in [2.75, 3.05) is 11.5 Å².